The summed E-state index contributed by atoms with van der Waals surface area (Å²) in [5.74, 6) is -1.35. The van der Waals surface area contributed by atoms with Crippen molar-refractivity contribution in [2.75, 3.05) is 0 Å². The predicted molar refractivity (Wildman–Crippen MR) is 108 cm³/mol. The maximum absolute atomic E-state index is 12.9. The molecular formula is C21H24F3N5O2. The topological polar surface area (TPSA) is 81.4 Å². The second-order valence-corrected chi connectivity index (χ2v) is 7.65. The van der Waals surface area contributed by atoms with Gasteiger partial charge in [0.1, 0.15) is 11.4 Å². The number of benzene rings is 1. The summed E-state index contributed by atoms with van der Waals surface area (Å²) in [7, 11) is 0. The van der Waals surface area contributed by atoms with Gasteiger partial charge in [0.25, 0.3) is 17.5 Å². The minimum absolute atomic E-state index is 0.0486. The first kappa shape index (κ1) is 22.5. The summed E-state index contributed by atoms with van der Waals surface area (Å²) in [5, 5.41) is 6.23. The van der Waals surface area contributed by atoms with Crippen molar-refractivity contribution in [2.24, 2.45) is 0 Å². The summed E-state index contributed by atoms with van der Waals surface area (Å²) in [6.07, 6.45) is -3.26. The summed E-state index contributed by atoms with van der Waals surface area (Å²) >= 11 is 0. The van der Waals surface area contributed by atoms with Crippen molar-refractivity contribution >= 4 is 11.7 Å². The molecule has 0 saturated carbocycles. The van der Waals surface area contributed by atoms with Gasteiger partial charge in [-0.2, -0.15) is 22.7 Å². The third kappa shape index (κ3) is 5.71. The first-order chi connectivity index (χ1) is 14.5. The molecule has 1 atom stereocenters. The van der Waals surface area contributed by atoms with Gasteiger partial charge >= 0.3 is 6.18 Å². The van der Waals surface area contributed by atoms with E-state index < -0.39 is 17.9 Å². The first-order valence-corrected chi connectivity index (χ1v) is 9.91. The number of amides is 1. The highest BCUT2D eigenvalue weighted by atomic mass is 19.4. The van der Waals surface area contributed by atoms with Crippen molar-refractivity contribution in [1.29, 1.82) is 0 Å². The van der Waals surface area contributed by atoms with Crippen LogP contribution in [-0.4, -0.2) is 37.6 Å². The number of aromatic nitrogens is 4. The van der Waals surface area contributed by atoms with Crippen LogP contribution in [0.5, 0.6) is 5.75 Å². The zero-order valence-electron chi connectivity index (χ0n) is 17.7. The van der Waals surface area contributed by atoms with Crippen molar-refractivity contribution in [3.8, 4) is 5.75 Å². The molecule has 1 amide bonds. The van der Waals surface area contributed by atoms with Crippen molar-refractivity contribution in [3.63, 3.8) is 0 Å². The molecule has 2 aromatic heterocycles. The number of hydrogen-bond donors (Lipinski definition) is 1. The number of carbonyl (C=O) groups is 1. The van der Waals surface area contributed by atoms with Gasteiger partial charge in [0, 0.05) is 11.7 Å². The van der Waals surface area contributed by atoms with Crippen LogP contribution in [0.15, 0.2) is 30.3 Å². The SMILES string of the molecule is Cc1cc(C(=O)NC(C)CCc2ccc(OC(C)C)cc2)n2nc(C(F)(F)F)nc2n1. The Morgan fingerprint density at radius 3 is 2.45 bits per heavy atom. The fourth-order valence-corrected chi connectivity index (χ4v) is 3.03. The van der Waals surface area contributed by atoms with Crippen LogP contribution in [0.1, 0.15) is 54.8 Å². The normalized spacial score (nSPS) is 12.9. The quantitative estimate of drug-likeness (QED) is 0.607. The van der Waals surface area contributed by atoms with E-state index >= 15 is 0 Å². The highest BCUT2D eigenvalue weighted by Gasteiger charge is 2.37. The van der Waals surface area contributed by atoms with Crippen molar-refractivity contribution in [1.82, 2.24) is 24.9 Å². The van der Waals surface area contributed by atoms with E-state index in [0.29, 0.717) is 12.1 Å². The van der Waals surface area contributed by atoms with Crippen molar-refractivity contribution in [3.05, 3.63) is 53.1 Å². The molecule has 3 aromatic rings. The van der Waals surface area contributed by atoms with Gasteiger partial charge in [-0.15, -0.1) is 5.10 Å². The average Bonchev–Trinajstić information content (AvgIpc) is 3.10. The predicted octanol–water partition coefficient (Wildman–Crippen LogP) is 3.99. The second kappa shape index (κ2) is 8.91. The Kier molecular flexibility index (Phi) is 6.47. The Bertz CT molecular complexity index is 1060. The summed E-state index contributed by atoms with van der Waals surface area (Å²) in [6.45, 7) is 7.33. The maximum atomic E-state index is 12.9. The van der Waals surface area contributed by atoms with Crippen LogP contribution in [0.25, 0.3) is 5.78 Å². The lowest BCUT2D eigenvalue weighted by Crippen LogP contribution is -2.34. The minimum Gasteiger partial charge on any atom is -0.491 e. The number of rotatable bonds is 7. The number of aryl methyl sites for hydroxylation is 2. The summed E-state index contributed by atoms with van der Waals surface area (Å²) < 4.78 is 45.3. The fraction of sp³-hybridized carbons (Fsp3) is 0.429. The molecule has 0 aliphatic heterocycles. The number of nitrogens with zero attached hydrogens (tertiary/aromatic N) is 4. The monoisotopic (exact) mass is 435 g/mol. The molecular weight excluding hydrogens is 411 g/mol. The molecule has 2 heterocycles. The van der Waals surface area contributed by atoms with Gasteiger partial charge in [0.05, 0.1) is 6.10 Å². The summed E-state index contributed by atoms with van der Waals surface area (Å²) in [4.78, 5) is 20.0. The van der Waals surface area contributed by atoms with Crippen LogP contribution < -0.4 is 10.1 Å². The van der Waals surface area contributed by atoms with E-state index in [0.717, 1.165) is 22.2 Å². The van der Waals surface area contributed by atoms with Crippen molar-refractivity contribution in [2.45, 2.75) is 58.9 Å². The molecule has 0 saturated heterocycles. The standard InChI is InChI=1S/C21H24F3N5O2/c1-12(2)31-16-9-7-15(8-10-16)6-5-13(3)25-18(30)17-11-14(4)26-20-27-19(21(22,23)24)28-29(17)20/h7-13H,5-6H2,1-4H3,(H,25,30). The highest BCUT2D eigenvalue weighted by molar-refractivity contribution is 5.93. The number of halogens is 3. The largest absolute Gasteiger partial charge is 0.491 e. The molecule has 10 heteroatoms. The molecule has 166 valence electrons. The Balaban J connectivity index is 1.67. The fourth-order valence-electron chi connectivity index (χ4n) is 3.03. The molecule has 3 rings (SSSR count). The molecule has 0 radical (unpaired) electrons. The molecule has 0 spiro atoms. The molecule has 0 aliphatic rings. The Morgan fingerprint density at radius 1 is 1.16 bits per heavy atom. The van der Waals surface area contributed by atoms with E-state index in [2.05, 4.69) is 20.4 Å². The molecule has 1 unspecified atom stereocenters. The second-order valence-electron chi connectivity index (χ2n) is 7.65. The lowest BCUT2D eigenvalue weighted by atomic mass is 10.1. The van der Waals surface area contributed by atoms with Crippen LogP contribution in [0.2, 0.25) is 0 Å². The molecule has 7 nitrogen and oxygen atoms in total. The molecule has 1 aromatic carbocycles. The molecule has 0 fully saturated rings. The lowest BCUT2D eigenvalue weighted by molar-refractivity contribution is -0.144. The zero-order chi connectivity index (χ0) is 22.8. The van der Waals surface area contributed by atoms with Gasteiger partial charge in [-0.25, -0.2) is 4.98 Å². The third-order valence-corrected chi connectivity index (χ3v) is 4.47. The van der Waals surface area contributed by atoms with Gasteiger partial charge in [-0.3, -0.25) is 4.79 Å². The van der Waals surface area contributed by atoms with Crippen LogP contribution in [0.4, 0.5) is 13.2 Å². The number of alkyl halides is 3. The van der Waals surface area contributed by atoms with Crippen LogP contribution in [-0.2, 0) is 12.6 Å². The molecule has 0 aliphatic carbocycles. The lowest BCUT2D eigenvalue weighted by Gasteiger charge is -2.15. The van der Waals surface area contributed by atoms with E-state index in [9.17, 15) is 18.0 Å². The molecule has 31 heavy (non-hydrogen) atoms. The first-order valence-electron chi connectivity index (χ1n) is 9.91. The Labute approximate surface area is 177 Å². The molecule has 0 bridgehead atoms. The van der Waals surface area contributed by atoms with Crippen LogP contribution in [0, 0.1) is 6.92 Å². The van der Waals surface area contributed by atoms with Gasteiger partial charge in [-0.1, -0.05) is 12.1 Å². The maximum Gasteiger partial charge on any atom is 0.453 e. The Hall–Kier alpha value is -3.17. The van der Waals surface area contributed by atoms with E-state index in [-0.39, 0.29) is 23.6 Å². The van der Waals surface area contributed by atoms with E-state index in [4.69, 9.17) is 4.74 Å². The third-order valence-electron chi connectivity index (χ3n) is 4.47. The number of nitrogens with one attached hydrogen (secondary N) is 1. The van der Waals surface area contributed by atoms with Crippen molar-refractivity contribution < 1.29 is 22.7 Å². The van der Waals surface area contributed by atoms with Gasteiger partial charge in [0.2, 0.25) is 0 Å². The molecule has 1 N–H and O–H groups in total. The van der Waals surface area contributed by atoms with E-state index in [1.54, 1.807) is 6.92 Å². The minimum atomic E-state index is -4.72. The van der Waals surface area contributed by atoms with Crippen LogP contribution >= 0.6 is 0 Å². The van der Waals surface area contributed by atoms with E-state index in [1.807, 2.05) is 45.0 Å². The van der Waals surface area contributed by atoms with Crippen LogP contribution in [0.3, 0.4) is 0 Å². The summed E-state index contributed by atoms with van der Waals surface area (Å²) in [6, 6.07) is 8.91. The number of fused-ring (bicyclic) bond motifs is 1. The van der Waals surface area contributed by atoms with Gasteiger partial charge < -0.3 is 10.1 Å². The number of ether oxygens (including phenoxy) is 1. The summed E-state index contributed by atoms with van der Waals surface area (Å²) in [5.41, 5.74) is 1.41. The van der Waals surface area contributed by atoms with Gasteiger partial charge in [-0.05, 0) is 64.3 Å². The smallest absolute Gasteiger partial charge is 0.453 e. The highest BCUT2D eigenvalue weighted by Crippen LogP contribution is 2.26. The number of carbonyl (C=O) groups excluding carboxylic acids is 1. The van der Waals surface area contributed by atoms with E-state index in [1.165, 1.54) is 6.07 Å². The van der Waals surface area contributed by atoms with Gasteiger partial charge in [0.15, 0.2) is 0 Å². The number of hydrogen-bond acceptors (Lipinski definition) is 5. The average molecular weight is 435 g/mol. The zero-order valence-corrected chi connectivity index (χ0v) is 17.7. The Morgan fingerprint density at radius 2 is 1.84 bits per heavy atom.